The summed E-state index contributed by atoms with van der Waals surface area (Å²) in [4.78, 5) is 39.6. The first-order valence-corrected chi connectivity index (χ1v) is 12.0. The molecule has 1 aromatic heterocycles. The Morgan fingerprint density at radius 1 is 0.972 bits per heavy atom. The fourth-order valence-electron chi connectivity index (χ4n) is 4.42. The second-order valence-corrected chi connectivity index (χ2v) is 9.12. The van der Waals surface area contributed by atoms with Gasteiger partial charge in [0.05, 0.1) is 17.9 Å². The molecule has 1 aliphatic rings. The van der Waals surface area contributed by atoms with Crippen molar-refractivity contribution in [3.8, 4) is 5.69 Å². The molecule has 0 atom stereocenters. The molecule has 36 heavy (non-hydrogen) atoms. The van der Waals surface area contributed by atoms with Crippen LogP contribution in [0.2, 0.25) is 0 Å². The van der Waals surface area contributed by atoms with Gasteiger partial charge in [0.25, 0.3) is 11.8 Å². The highest BCUT2D eigenvalue weighted by atomic mass is 32.1. The zero-order chi connectivity index (χ0) is 26.1. The maximum Gasteiger partial charge on any atom is 0.338 e. The fourth-order valence-corrected chi connectivity index (χ4v) is 4.70. The average Bonchev–Trinajstić information content (AvgIpc) is 3.08. The number of carbonyl (C=O) groups is 3. The van der Waals surface area contributed by atoms with Gasteiger partial charge < -0.3 is 9.30 Å². The first-order valence-electron chi connectivity index (χ1n) is 11.6. The van der Waals surface area contributed by atoms with Gasteiger partial charge in [-0.1, -0.05) is 6.07 Å². The Labute approximate surface area is 215 Å². The van der Waals surface area contributed by atoms with Crippen LogP contribution in [0.25, 0.3) is 11.8 Å². The molecule has 0 radical (unpaired) electrons. The second kappa shape index (κ2) is 9.91. The lowest BCUT2D eigenvalue weighted by molar-refractivity contribution is -0.122. The monoisotopic (exact) mass is 501 g/mol. The molecule has 0 unspecified atom stereocenters. The van der Waals surface area contributed by atoms with E-state index in [1.807, 2.05) is 68.7 Å². The topological polar surface area (TPSA) is 80.6 Å². The third-order valence-corrected chi connectivity index (χ3v) is 6.26. The number of amides is 2. The van der Waals surface area contributed by atoms with E-state index in [0.29, 0.717) is 17.9 Å². The van der Waals surface area contributed by atoms with E-state index in [1.165, 1.54) is 4.90 Å². The number of ether oxygens (including phenoxy) is 1. The van der Waals surface area contributed by atoms with Crippen LogP contribution in [-0.2, 0) is 14.3 Å². The van der Waals surface area contributed by atoms with Gasteiger partial charge >= 0.3 is 5.97 Å². The van der Waals surface area contributed by atoms with Crippen LogP contribution >= 0.6 is 12.2 Å². The lowest BCUT2D eigenvalue weighted by atomic mass is 10.1. The molecule has 0 spiro atoms. The minimum absolute atomic E-state index is 0.000619. The highest BCUT2D eigenvalue weighted by Crippen LogP contribution is 2.27. The van der Waals surface area contributed by atoms with Gasteiger partial charge in [0.15, 0.2) is 5.11 Å². The quantitative estimate of drug-likeness (QED) is 0.237. The van der Waals surface area contributed by atoms with Crippen molar-refractivity contribution < 1.29 is 19.1 Å². The number of hydrogen-bond acceptors (Lipinski definition) is 5. The molecule has 1 fully saturated rings. The van der Waals surface area contributed by atoms with E-state index < -0.39 is 11.8 Å². The van der Waals surface area contributed by atoms with Crippen LogP contribution in [0.1, 0.15) is 45.4 Å². The molecule has 0 bridgehead atoms. The molecule has 3 aromatic rings. The normalized spacial score (nSPS) is 14.9. The van der Waals surface area contributed by atoms with Crippen LogP contribution in [0, 0.1) is 27.7 Å². The molecule has 4 rings (SSSR count). The first-order chi connectivity index (χ1) is 17.1. The van der Waals surface area contributed by atoms with Crippen LogP contribution in [0.3, 0.4) is 0 Å². The lowest BCUT2D eigenvalue weighted by Crippen LogP contribution is -2.54. The van der Waals surface area contributed by atoms with Crippen molar-refractivity contribution in [3.05, 3.63) is 87.7 Å². The molecule has 0 aliphatic carbocycles. The predicted molar refractivity (Wildman–Crippen MR) is 143 cm³/mol. The maximum absolute atomic E-state index is 13.5. The number of benzene rings is 2. The third-order valence-electron chi connectivity index (χ3n) is 5.97. The summed E-state index contributed by atoms with van der Waals surface area (Å²) in [7, 11) is 0. The van der Waals surface area contributed by atoms with Crippen molar-refractivity contribution in [2.75, 3.05) is 11.5 Å². The number of aryl methyl sites for hydroxylation is 3. The summed E-state index contributed by atoms with van der Waals surface area (Å²) in [5.41, 5.74) is 6.39. The van der Waals surface area contributed by atoms with Crippen LogP contribution < -0.4 is 10.2 Å². The van der Waals surface area contributed by atoms with E-state index in [2.05, 4.69) is 5.32 Å². The van der Waals surface area contributed by atoms with Crippen LogP contribution in [-0.4, -0.2) is 34.1 Å². The molecular formula is C28H27N3O4S. The first kappa shape index (κ1) is 25.1. The van der Waals surface area contributed by atoms with Gasteiger partial charge in [-0.2, -0.15) is 0 Å². The van der Waals surface area contributed by atoms with E-state index in [4.69, 9.17) is 17.0 Å². The lowest BCUT2D eigenvalue weighted by Gasteiger charge is -2.29. The molecule has 0 saturated carbocycles. The average molecular weight is 502 g/mol. The second-order valence-electron chi connectivity index (χ2n) is 8.73. The van der Waals surface area contributed by atoms with Crippen LogP contribution in [0.4, 0.5) is 5.69 Å². The maximum atomic E-state index is 13.5. The highest BCUT2D eigenvalue weighted by molar-refractivity contribution is 7.80. The Hall–Kier alpha value is -4.04. The van der Waals surface area contributed by atoms with Gasteiger partial charge in [0, 0.05) is 17.1 Å². The van der Waals surface area contributed by atoms with Gasteiger partial charge in [-0.3, -0.25) is 19.8 Å². The van der Waals surface area contributed by atoms with Gasteiger partial charge in [-0.25, -0.2) is 4.79 Å². The molecule has 1 aliphatic heterocycles. The molecule has 2 amide bonds. The van der Waals surface area contributed by atoms with E-state index in [0.717, 1.165) is 33.8 Å². The van der Waals surface area contributed by atoms with Crippen molar-refractivity contribution in [3.63, 3.8) is 0 Å². The number of nitrogens with one attached hydrogen (secondary N) is 1. The summed E-state index contributed by atoms with van der Waals surface area (Å²) in [6.07, 6.45) is 1.60. The number of carbonyl (C=O) groups excluding carboxylic acids is 3. The summed E-state index contributed by atoms with van der Waals surface area (Å²) in [6, 6.07) is 14.7. The van der Waals surface area contributed by atoms with Crippen molar-refractivity contribution in [1.82, 2.24) is 9.88 Å². The summed E-state index contributed by atoms with van der Waals surface area (Å²) >= 11 is 5.34. The summed E-state index contributed by atoms with van der Waals surface area (Å²) in [6.45, 7) is 9.81. The van der Waals surface area contributed by atoms with Gasteiger partial charge in [-0.15, -0.1) is 0 Å². The van der Waals surface area contributed by atoms with E-state index >= 15 is 0 Å². The number of hydrogen-bond donors (Lipinski definition) is 1. The molecule has 1 N–H and O–H groups in total. The number of anilines is 1. The van der Waals surface area contributed by atoms with Gasteiger partial charge in [-0.05, 0) is 112 Å². The number of rotatable bonds is 5. The smallest absolute Gasteiger partial charge is 0.338 e. The standard InChI is InChI=1S/C28H27N3O4S/c1-6-35-27(34)20-7-9-22(10-8-20)30-18(4)14-21(19(30)5)15-24-25(32)29-28(36)31(26(24)33)23-12-16(2)11-17(3)13-23/h7-15H,6H2,1-5H3,(H,29,32,36)/b24-15+. The fraction of sp³-hybridized carbons (Fsp3) is 0.214. The largest absolute Gasteiger partial charge is 0.462 e. The zero-order valence-electron chi connectivity index (χ0n) is 20.8. The van der Waals surface area contributed by atoms with Crippen LogP contribution in [0.5, 0.6) is 0 Å². The molecule has 8 heteroatoms. The third kappa shape index (κ3) is 4.72. The number of nitrogens with zero attached hydrogens (tertiary/aromatic N) is 2. The molecular weight excluding hydrogens is 474 g/mol. The molecule has 7 nitrogen and oxygen atoms in total. The molecule has 2 heterocycles. The predicted octanol–water partition coefficient (Wildman–Crippen LogP) is 4.72. The Kier molecular flexibility index (Phi) is 6.90. The van der Waals surface area contributed by atoms with Crippen molar-refractivity contribution in [2.24, 2.45) is 0 Å². The summed E-state index contributed by atoms with van der Waals surface area (Å²) in [5.74, 6) is -1.38. The Morgan fingerprint density at radius 2 is 1.61 bits per heavy atom. The zero-order valence-corrected chi connectivity index (χ0v) is 21.7. The molecule has 184 valence electrons. The number of thiocarbonyl (C=S) groups is 1. The van der Waals surface area contributed by atoms with E-state index in [1.54, 1.807) is 25.1 Å². The Morgan fingerprint density at radius 3 is 2.22 bits per heavy atom. The summed E-state index contributed by atoms with van der Waals surface area (Å²) in [5, 5.41) is 2.70. The van der Waals surface area contributed by atoms with Gasteiger partial charge in [0.1, 0.15) is 5.57 Å². The van der Waals surface area contributed by atoms with E-state index in [9.17, 15) is 14.4 Å². The number of esters is 1. The van der Waals surface area contributed by atoms with E-state index in [-0.39, 0.29) is 16.7 Å². The van der Waals surface area contributed by atoms with Gasteiger partial charge in [0.2, 0.25) is 0 Å². The Bertz CT molecular complexity index is 1410. The number of aromatic nitrogens is 1. The van der Waals surface area contributed by atoms with Crippen LogP contribution in [0.15, 0.2) is 54.1 Å². The molecule has 1 saturated heterocycles. The Balaban J connectivity index is 1.71. The highest BCUT2D eigenvalue weighted by Gasteiger charge is 2.35. The van der Waals surface area contributed by atoms with Crippen molar-refractivity contribution >= 4 is 46.9 Å². The summed E-state index contributed by atoms with van der Waals surface area (Å²) < 4.78 is 7.05. The minimum Gasteiger partial charge on any atom is -0.462 e. The minimum atomic E-state index is -0.533. The SMILES string of the molecule is CCOC(=O)c1ccc(-n2c(C)cc(/C=C3\C(=O)NC(=S)N(c4cc(C)cc(C)c4)C3=O)c2C)cc1. The van der Waals surface area contributed by atoms with Crippen molar-refractivity contribution in [1.29, 1.82) is 0 Å². The molecule has 2 aromatic carbocycles. The van der Waals surface area contributed by atoms with Crippen molar-refractivity contribution in [2.45, 2.75) is 34.6 Å².